The summed E-state index contributed by atoms with van der Waals surface area (Å²) in [7, 11) is 0. The van der Waals surface area contributed by atoms with E-state index in [0.717, 1.165) is 0 Å². The number of hydrogen-bond acceptors (Lipinski definition) is 5. The minimum absolute atomic E-state index is 0.0583. The molecule has 88 valence electrons. The van der Waals surface area contributed by atoms with Crippen LogP contribution in [0.4, 0.5) is 5.69 Å². The van der Waals surface area contributed by atoms with E-state index < -0.39 is 4.92 Å². The molecule has 1 heterocycles. The third-order valence-electron chi connectivity index (χ3n) is 1.73. The molecule has 1 aromatic carbocycles. The average Bonchev–Trinajstić information content (AvgIpc) is 2.63. The Bertz CT molecular complexity index is 575. The zero-order chi connectivity index (χ0) is 12.4. The van der Waals surface area contributed by atoms with Crippen molar-refractivity contribution >= 4 is 44.6 Å². The number of nitrogens with zero attached hydrogens (tertiary/aromatic N) is 2. The lowest BCUT2D eigenvalue weighted by molar-refractivity contribution is -0.385. The summed E-state index contributed by atoms with van der Waals surface area (Å²) in [6.07, 6.45) is 0. The zero-order valence-electron chi connectivity index (χ0n) is 8.09. The van der Waals surface area contributed by atoms with Crippen LogP contribution in [0.2, 0.25) is 5.15 Å². The van der Waals surface area contributed by atoms with Gasteiger partial charge in [0.1, 0.15) is 10.9 Å². The number of nitro groups is 1. The Balaban J connectivity index is 2.29. The van der Waals surface area contributed by atoms with Crippen molar-refractivity contribution in [2.75, 3.05) is 0 Å². The molecule has 0 aliphatic rings. The van der Waals surface area contributed by atoms with Crippen molar-refractivity contribution in [2.45, 2.75) is 0 Å². The lowest BCUT2D eigenvalue weighted by Gasteiger charge is -2.02. The van der Waals surface area contributed by atoms with Crippen molar-refractivity contribution in [3.8, 4) is 10.9 Å². The van der Waals surface area contributed by atoms with Gasteiger partial charge < -0.3 is 4.74 Å². The Labute approximate surface area is 113 Å². The van der Waals surface area contributed by atoms with E-state index in [1.165, 1.54) is 23.5 Å². The van der Waals surface area contributed by atoms with Gasteiger partial charge in [-0.2, -0.15) is 4.98 Å². The molecule has 8 heteroatoms. The van der Waals surface area contributed by atoms with Crippen LogP contribution >= 0.6 is 38.9 Å². The van der Waals surface area contributed by atoms with E-state index >= 15 is 0 Å². The Kier molecular flexibility index (Phi) is 3.60. The summed E-state index contributed by atoms with van der Waals surface area (Å²) < 4.78 is 5.92. The van der Waals surface area contributed by atoms with Crippen LogP contribution in [-0.2, 0) is 0 Å². The van der Waals surface area contributed by atoms with Gasteiger partial charge in [0.05, 0.1) is 11.0 Å². The van der Waals surface area contributed by atoms with Gasteiger partial charge in [-0.05, 0) is 6.07 Å². The fraction of sp³-hybridized carbons (Fsp3) is 0. The molecule has 0 N–H and O–H groups in total. The number of ether oxygens (including phenoxy) is 1. The maximum atomic E-state index is 10.7. The maximum absolute atomic E-state index is 10.7. The van der Waals surface area contributed by atoms with Gasteiger partial charge in [0.25, 0.3) is 10.9 Å². The van der Waals surface area contributed by atoms with Crippen LogP contribution < -0.4 is 4.74 Å². The van der Waals surface area contributed by atoms with Gasteiger partial charge in [0.15, 0.2) is 0 Å². The van der Waals surface area contributed by atoms with Crippen molar-refractivity contribution in [3.05, 3.63) is 43.3 Å². The van der Waals surface area contributed by atoms with Crippen molar-refractivity contribution in [3.63, 3.8) is 0 Å². The predicted molar refractivity (Wildman–Crippen MR) is 68.0 cm³/mol. The number of halogens is 2. The standard InChI is InChI=1S/C9H4BrClN2O3S/c10-5-1-6(13(14)15)3-7(2-5)16-9-12-8(11)4-17-9/h1-4H. The normalized spacial score (nSPS) is 10.2. The second-order valence-corrected chi connectivity index (χ2v) is 5.06. The lowest BCUT2D eigenvalue weighted by Crippen LogP contribution is -1.90. The van der Waals surface area contributed by atoms with Crippen LogP contribution in [0.1, 0.15) is 0 Å². The summed E-state index contributed by atoms with van der Waals surface area (Å²) in [6.45, 7) is 0. The molecule has 0 spiro atoms. The molecule has 17 heavy (non-hydrogen) atoms. The molecule has 0 fully saturated rings. The Morgan fingerprint density at radius 2 is 2.24 bits per heavy atom. The van der Waals surface area contributed by atoms with Crippen LogP contribution in [0.3, 0.4) is 0 Å². The topological polar surface area (TPSA) is 65.3 Å². The first-order valence-electron chi connectivity index (χ1n) is 4.28. The summed E-state index contributed by atoms with van der Waals surface area (Å²) in [5.74, 6) is 0.331. The largest absolute Gasteiger partial charge is 0.431 e. The third-order valence-corrected chi connectivity index (χ3v) is 3.23. The van der Waals surface area contributed by atoms with Gasteiger partial charge in [-0.25, -0.2) is 0 Å². The van der Waals surface area contributed by atoms with Crippen LogP contribution in [0, 0.1) is 10.1 Å². The van der Waals surface area contributed by atoms with Crippen LogP contribution in [0.15, 0.2) is 28.1 Å². The number of nitro benzene ring substituents is 1. The number of thiazole rings is 1. The Morgan fingerprint density at radius 3 is 2.82 bits per heavy atom. The van der Waals surface area contributed by atoms with Crippen LogP contribution in [0.25, 0.3) is 0 Å². The fourth-order valence-electron chi connectivity index (χ4n) is 1.10. The first-order chi connectivity index (χ1) is 8.04. The quantitative estimate of drug-likeness (QED) is 0.621. The van der Waals surface area contributed by atoms with E-state index in [9.17, 15) is 10.1 Å². The summed E-state index contributed by atoms with van der Waals surface area (Å²) in [5, 5.41) is 12.9. The molecule has 0 aliphatic carbocycles. The number of aromatic nitrogens is 1. The molecule has 0 aliphatic heterocycles. The summed E-state index contributed by atoms with van der Waals surface area (Å²) in [5.41, 5.74) is -0.0583. The number of rotatable bonds is 3. The molecule has 0 atom stereocenters. The second-order valence-electron chi connectivity index (χ2n) is 2.94. The van der Waals surface area contributed by atoms with Gasteiger partial charge in [-0.3, -0.25) is 10.1 Å². The first kappa shape index (κ1) is 12.3. The van der Waals surface area contributed by atoms with E-state index in [-0.39, 0.29) is 5.69 Å². The molecule has 0 amide bonds. The molecular formula is C9H4BrClN2O3S. The highest BCUT2D eigenvalue weighted by molar-refractivity contribution is 9.10. The molecular weight excluding hydrogens is 332 g/mol. The van der Waals surface area contributed by atoms with Gasteiger partial charge in [-0.15, -0.1) is 0 Å². The maximum Gasteiger partial charge on any atom is 0.280 e. The minimum Gasteiger partial charge on any atom is -0.431 e. The van der Waals surface area contributed by atoms with Gasteiger partial charge in [-0.1, -0.05) is 38.9 Å². The van der Waals surface area contributed by atoms with E-state index in [0.29, 0.717) is 20.6 Å². The number of hydrogen-bond donors (Lipinski definition) is 0. The number of benzene rings is 1. The highest BCUT2D eigenvalue weighted by atomic mass is 79.9. The summed E-state index contributed by atoms with van der Waals surface area (Å²) >= 11 is 10.0. The monoisotopic (exact) mass is 334 g/mol. The second kappa shape index (κ2) is 4.99. The summed E-state index contributed by atoms with van der Waals surface area (Å²) in [4.78, 5) is 14.1. The molecule has 2 rings (SSSR count). The fourth-order valence-corrected chi connectivity index (χ4v) is 2.37. The van der Waals surface area contributed by atoms with Crippen molar-refractivity contribution in [1.82, 2.24) is 4.98 Å². The Hall–Kier alpha value is -1.18. The molecule has 5 nitrogen and oxygen atoms in total. The van der Waals surface area contributed by atoms with Crippen molar-refractivity contribution in [1.29, 1.82) is 0 Å². The van der Waals surface area contributed by atoms with Crippen molar-refractivity contribution in [2.24, 2.45) is 0 Å². The SMILES string of the molecule is O=[N+]([O-])c1cc(Br)cc(Oc2nc(Cl)cs2)c1. The molecule has 0 saturated carbocycles. The molecule has 0 bridgehead atoms. The third kappa shape index (κ3) is 3.15. The smallest absolute Gasteiger partial charge is 0.280 e. The van der Waals surface area contributed by atoms with E-state index in [1.807, 2.05) is 0 Å². The summed E-state index contributed by atoms with van der Waals surface area (Å²) in [6, 6.07) is 4.32. The van der Waals surface area contributed by atoms with E-state index in [4.69, 9.17) is 16.3 Å². The highest BCUT2D eigenvalue weighted by Gasteiger charge is 2.11. The van der Waals surface area contributed by atoms with E-state index in [2.05, 4.69) is 20.9 Å². The minimum atomic E-state index is -0.494. The Morgan fingerprint density at radius 1 is 1.47 bits per heavy atom. The average molecular weight is 336 g/mol. The molecule has 0 saturated heterocycles. The van der Waals surface area contributed by atoms with Crippen LogP contribution in [0.5, 0.6) is 10.9 Å². The zero-order valence-corrected chi connectivity index (χ0v) is 11.3. The first-order valence-corrected chi connectivity index (χ1v) is 6.33. The van der Waals surface area contributed by atoms with E-state index in [1.54, 1.807) is 11.4 Å². The van der Waals surface area contributed by atoms with Gasteiger partial charge in [0, 0.05) is 15.9 Å². The van der Waals surface area contributed by atoms with Gasteiger partial charge >= 0.3 is 0 Å². The van der Waals surface area contributed by atoms with Crippen molar-refractivity contribution < 1.29 is 9.66 Å². The molecule has 0 radical (unpaired) electrons. The predicted octanol–water partition coefficient (Wildman–Crippen LogP) is 4.26. The molecule has 1 aromatic heterocycles. The molecule has 2 aromatic rings. The van der Waals surface area contributed by atoms with Crippen LogP contribution in [-0.4, -0.2) is 9.91 Å². The lowest BCUT2D eigenvalue weighted by atomic mass is 10.3. The molecule has 0 unspecified atom stereocenters. The van der Waals surface area contributed by atoms with Gasteiger partial charge in [0.2, 0.25) is 0 Å². The number of non-ortho nitro benzene ring substituents is 1. The highest BCUT2D eigenvalue weighted by Crippen LogP contribution is 2.31.